The number of anilines is 3. The van der Waals surface area contributed by atoms with Gasteiger partial charge in [-0.2, -0.15) is 10.2 Å². The molecular formula is C20H21N7S. The summed E-state index contributed by atoms with van der Waals surface area (Å²) in [7, 11) is 0. The number of hydrogen-bond acceptors (Lipinski definition) is 8. The van der Waals surface area contributed by atoms with Crippen LogP contribution in [0.2, 0.25) is 0 Å². The van der Waals surface area contributed by atoms with Crippen LogP contribution in [-0.4, -0.2) is 21.5 Å². The Bertz CT molecular complexity index is 1010. The molecule has 3 N–H and O–H groups in total. The van der Waals surface area contributed by atoms with Crippen molar-refractivity contribution in [2.24, 2.45) is 5.73 Å². The lowest BCUT2D eigenvalue weighted by molar-refractivity contribution is 0.701. The predicted molar refractivity (Wildman–Crippen MR) is 111 cm³/mol. The highest BCUT2D eigenvalue weighted by Crippen LogP contribution is 2.35. The third kappa shape index (κ3) is 3.67. The van der Waals surface area contributed by atoms with Crippen molar-refractivity contribution < 1.29 is 0 Å². The Morgan fingerprint density at radius 3 is 2.82 bits per heavy atom. The number of aromatic nitrogens is 3. The molecule has 28 heavy (non-hydrogen) atoms. The highest BCUT2D eigenvalue weighted by Gasteiger charge is 2.28. The van der Waals surface area contributed by atoms with Gasteiger partial charge in [0.25, 0.3) is 0 Å². The molecule has 0 aliphatic carbocycles. The molecule has 1 atom stereocenters. The summed E-state index contributed by atoms with van der Waals surface area (Å²) >= 11 is 1.31. The summed E-state index contributed by atoms with van der Waals surface area (Å²) in [6.45, 7) is 3.43. The molecule has 0 spiro atoms. The van der Waals surface area contributed by atoms with Crippen LogP contribution < -0.4 is 16.0 Å². The number of nitrogens with one attached hydrogen (secondary N) is 1. The molecular weight excluding hydrogens is 370 g/mol. The normalized spacial score (nSPS) is 16.2. The molecule has 1 aliphatic heterocycles. The fraction of sp³-hybridized carbons (Fsp3) is 0.300. The number of thiazole rings is 1. The van der Waals surface area contributed by atoms with Crippen molar-refractivity contribution in [3.63, 3.8) is 0 Å². The van der Waals surface area contributed by atoms with Crippen molar-refractivity contribution in [1.82, 2.24) is 15.0 Å². The molecule has 0 saturated carbocycles. The third-order valence-electron chi connectivity index (χ3n) is 4.91. The van der Waals surface area contributed by atoms with Crippen molar-refractivity contribution in [3.05, 3.63) is 58.2 Å². The summed E-state index contributed by atoms with van der Waals surface area (Å²) in [6.07, 6.45) is 5.56. The maximum absolute atomic E-state index is 8.98. The smallest absolute Gasteiger partial charge is 0.227 e. The van der Waals surface area contributed by atoms with Crippen LogP contribution in [0.4, 0.5) is 16.9 Å². The van der Waals surface area contributed by atoms with Gasteiger partial charge in [0.2, 0.25) is 5.95 Å². The molecule has 0 bridgehead atoms. The number of aryl methyl sites for hydroxylation is 1. The van der Waals surface area contributed by atoms with E-state index in [1.807, 2.05) is 13.1 Å². The Balaban J connectivity index is 1.59. The zero-order chi connectivity index (χ0) is 19.5. The van der Waals surface area contributed by atoms with Crippen LogP contribution in [-0.2, 0) is 6.54 Å². The molecule has 1 saturated heterocycles. The van der Waals surface area contributed by atoms with Crippen LogP contribution in [0.15, 0.2) is 36.7 Å². The molecule has 2 aromatic heterocycles. The van der Waals surface area contributed by atoms with E-state index < -0.39 is 0 Å². The fourth-order valence-electron chi connectivity index (χ4n) is 3.41. The second kappa shape index (κ2) is 7.92. The lowest BCUT2D eigenvalue weighted by Gasteiger charge is -2.25. The van der Waals surface area contributed by atoms with Gasteiger partial charge in [0.15, 0.2) is 5.13 Å². The molecule has 7 nitrogen and oxygen atoms in total. The zero-order valence-corrected chi connectivity index (χ0v) is 16.4. The number of nitriles is 1. The van der Waals surface area contributed by atoms with E-state index in [2.05, 4.69) is 50.5 Å². The van der Waals surface area contributed by atoms with Crippen molar-refractivity contribution >= 4 is 28.2 Å². The van der Waals surface area contributed by atoms with Crippen LogP contribution in [0.3, 0.4) is 0 Å². The van der Waals surface area contributed by atoms with E-state index in [0.29, 0.717) is 28.3 Å². The highest BCUT2D eigenvalue weighted by atomic mass is 32.1. The molecule has 1 unspecified atom stereocenters. The average molecular weight is 392 g/mol. The maximum atomic E-state index is 8.98. The van der Waals surface area contributed by atoms with E-state index in [9.17, 15) is 0 Å². The summed E-state index contributed by atoms with van der Waals surface area (Å²) < 4.78 is 0. The Morgan fingerprint density at radius 2 is 2.11 bits per heavy atom. The summed E-state index contributed by atoms with van der Waals surface area (Å²) in [5.41, 5.74) is 9.04. The van der Waals surface area contributed by atoms with E-state index in [-0.39, 0.29) is 6.04 Å². The van der Waals surface area contributed by atoms with Gasteiger partial charge < -0.3 is 16.0 Å². The third-order valence-corrected chi connectivity index (χ3v) is 5.73. The summed E-state index contributed by atoms with van der Waals surface area (Å²) in [5, 5.41) is 12.9. The average Bonchev–Trinajstić information content (AvgIpc) is 3.39. The van der Waals surface area contributed by atoms with Gasteiger partial charge in [-0.1, -0.05) is 35.6 Å². The lowest BCUT2D eigenvalue weighted by Crippen LogP contribution is -2.25. The van der Waals surface area contributed by atoms with Crippen molar-refractivity contribution in [2.75, 3.05) is 16.8 Å². The lowest BCUT2D eigenvalue weighted by atomic mass is 10.0. The minimum atomic E-state index is 0.257. The first kappa shape index (κ1) is 18.3. The molecule has 1 fully saturated rings. The van der Waals surface area contributed by atoms with E-state index in [1.54, 1.807) is 6.20 Å². The maximum Gasteiger partial charge on any atom is 0.227 e. The molecule has 0 radical (unpaired) electrons. The Morgan fingerprint density at radius 1 is 1.29 bits per heavy atom. The molecule has 0 amide bonds. The second-order valence-electron chi connectivity index (χ2n) is 6.77. The van der Waals surface area contributed by atoms with Gasteiger partial charge in [-0.05, 0) is 30.9 Å². The van der Waals surface area contributed by atoms with Crippen molar-refractivity contribution in [3.8, 4) is 6.07 Å². The first-order valence-electron chi connectivity index (χ1n) is 9.20. The molecule has 3 heterocycles. The molecule has 3 aromatic rings. The fourth-order valence-corrected chi connectivity index (χ4v) is 4.02. The summed E-state index contributed by atoms with van der Waals surface area (Å²) in [4.78, 5) is 16.4. The molecule has 8 heteroatoms. The van der Waals surface area contributed by atoms with E-state index >= 15 is 0 Å². The zero-order valence-electron chi connectivity index (χ0n) is 15.6. The number of nitrogens with zero attached hydrogens (tertiary/aromatic N) is 5. The van der Waals surface area contributed by atoms with Gasteiger partial charge in [-0.15, -0.1) is 0 Å². The first-order valence-corrected chi connectivity index (χ1v) is 10.0. The number of nitrogens with two attached hydrogens (primary N) is 1. The summed E-state index contributed by atoms with van der Waals surface area (Å²) in [6, 6.07) is 10.8. The SMILES string of the molecule is Cc1cnc(N2CCCC2c2ccc(CN)cc2)nc1Nc1ncc(C#N)s1. The number of benzene rings is 1. The van der Waals surface area contributed by atoms with Crippen LogP contribution in [0.25, 0.3) is 0 Å². The Kier molecular flexibility index (Phi) is 5.19. The molecule has 4 rings (SSSR count). The van der Waals surface area contributed by atoms with Gasteiger partial charge in [0.05, 0.1) is 12.2 Å². The standard InChI is InChI=1S/C20H21N7S/c1-13-11-23-19(25-18(13)26-20-24-12-16(10-22)28-20)27-8-2-3-17(27)15-6-4-14(9-21)5-7-15/h4-7,11-12,17H,2-3,8-9,21H2,1H3,(H,23,24,25,26). The Hall–Kier alpha value is -3.02. The monoisotopic (exact) mass is 391 g/mol. The molecule has 1 aromatic carbocycles. The Labute approximate surface area is 167 Å². The largest absolute Gasteiger partial charge is 0.334 e. The van der Waals surface area contributed by atoms with E-state index in [1.165, 1.54) is 16.9 Å². The van der Waals surface area contributed by atoms with Crippen LogP contribution in [0.5, 0.6) is 0 Å². The van der Waals surface area contributed by atoms with E-state index in [4.69, 9.17) is 16.0 Å². The van der Waals surface area contributed by atoms with Gasteiger partial charge in [-0.25, -0.2) is 9.97 Å². The van der Waals surface area contributed by atoms with Gasteiger partial charge in [0.1, 0.15) is 16.8 Å². The van der Waals surface area contributed by atoms with E-state index in [0.717, 1.165) is 30.5 Å². The van der Waals surface area contributed by atoms with Crippen molar-refractivity contribution in [2.45, 2.75) is 32.4 Å². The minimum Gasteiger partial charge on any atom is -0.334 e. The van der Waals surface area contributed by atoms with Crippen LogP contribution in [0, 0.1) is 18.3 Å². The van der Waals surface area contributed by atoms with Crippen molar-refractivity contribution in [1.29, 1.82) is 5.26 Å². The minimum absolute atomic E-state index is 0.257. The van der Waals surface area contributed by atoms with Gasteiger partial charge in [0, 0.05) is 24.8 Å². The first-order chi connectivity index (χ1) is 13.7. The summed E-state index contributed by atoms with van der Waals surface area (Å²) in [5.74, 6) is 1.42. The molecule has 142 valence electrons. The van der Waals surface area contributed by atoms with Crippen LogP contribution >= 0.6 is 11.3 Å². The number of rotatable bonds is 5. The van der Waals surface area contributed by atoms with Crippen LogP contribution in [0.1, 0.15) is 40.5 Å². The number of hydrogen-bond donors (Lipinski definition) is 2. The predicted octanol–water partition coefficient (Wildman–Crippen LogP) is 3.66. The van der Waals surface area contributed by atoms with Gasteiger partial charge >= 0.3 is 0 Å². The quantitative estimate of drug-likeness (QED) is 0.684. The highest BCUT2D eigenvalue weighted by molar-refractivity contribution is 7.16. The second-order valence-corrected chi connectivity index (χ2v) is 7.80. The topological polar surface area (TPSA) is 104 Å². The molecule has 1 aliphatic rings. The van der Waals surface area contributed by atoms with Gasteiger partial charge in [-0.3, -0.25) is 0 Å².